The molecule has 1 heterocycles. The van der Waals surface area contributed by atoms with Crippen molar-refractivity contribution in [3.63, 3.8) is 0 Å². The van der Waals surface area contributed by atoms with Crippen LogP contribution in [0.15, 0.2) is 36.4 Å². The van der Waals surface area contributed by atoms with Crippen LogP contribution < -0.4 is 20.1 Å². The average Bonchev–Trinajstić information content (AvgIpc) is 2.63. The van der Waals surface area contributed by atoms with Crippen LogP contribution in [0.1, 0.15) is 25.5 Å². The number of aromatic nitrogens is 2. The molecule has 0 fully saturated rings. The van der Waals surface area contributed by atoms with Gasteiger partial charge in [-0.15, -0.1) is 10.2 Å². The standard InChI is InChI=1S/C19H27N5O3/c1-13(2)27-18-10-9-17(22-23-18)21-19(25)20-12-16(24(3)4)14-7-6-8-15(11-14)26-5/h6-11,13,16H,12H2,1-5H3,(H2,20,21,22,25)/t16-/m1/s1. The third kappa shape index (κ3) is 6.41. The van der Waals surface area contributed by atoms with Gasteiger partial charge in [0, 0.05) is 12.6 Å². The van der Waals surface area contributed by atoms with Gasteiger partial charge in [-0.1, -0.05) is 12.1 Å². The quantitative estimate of drug-likeness (QED) is 0.740. The molecule has 0 saturated carbocycles. The number of ether oxygens (including phenoxy) is 2. The Hall–Kier alpha value is -2.87. The monoisotopic (exact) mass is 373 g/mol. The van der Waals surface area contributed by atoms with Gasteiger partial charge in [-0.05, 0) is 51.7 Å². The molecule has 1 atom stereocenters. The number of benzene rings is 1. The van der Waals surface area contributed by atoms with E-state index in [-0.39, 0.29) is 18.2 Å². The first-order valence-corrected chi connectivity index (χ1v) is 8.74. The van der Waals surface area contributed by atoms with Crippen LogP contribution in [-0.2, 0) is 0 Å². The zero-order valence-electron chi connectivity index (χ0n) is 16.4. The van der Waals surface area contributed by atoms with Crippen molar-refractivity contribution in [2.24, 2.45) is 0 Å². The minimum absolute atomic E-state index is 0.00116. The molecule has 1 aromatic carbocycles. The van der Waals surface area contributed by atoms with Crippen LogP contribution in [0.3, 0.4) is 0 Å². The van der Waals surface area contributed by atoms with E-state index in [4.69, 9.17) is 9.47 Å². The van der Waals surface area contributed by atoms with Crippen molar-refractivity contribution in [1.29, 1.82) is 0 Å². The Kier molecular flexibility index (Phi) is 7.36. The minimum Gasteiger partial charge on any atom is -0.497 e. The molecule has 0 radical (unpaired) electrons. The highest BCUT2D eigenvalue weighted by Crippen LogP contribution is 2.22. The maximum atomic E-state index is 12.2. The molecule has 2 rings (SSSR count). The van der Waals surface area contributed by atoms with Crippen LogP contribution in [0.5, 0.6) is 11.6 Å². The number of methoxy groups -OCH3 is 1. The third-order valence-corrected chi connectivity index (χ3v) is 3.80. The maximum absolute atomic E-state index is 12.2. The topological polar surface area (TPSA) is 88.6 Å². The van der Waals surface area contributed by atoms with Crippen molar-refractivity contribution < 1.29 is 14.3 Å². The zero-order valence-corrected chi connectivity index (χ0v) is 16.4. The summed E-state index contributed by atoms with van der Waals surface area (Å²) in [4.78, 5) is 14.2. The number of carbonyl (C=O) groups is 1. The Morgan fingerprint density at radius 1 is 1.19 bits per heavy atom. The lowest BCUT2D eigenvalue weighted by molar-refractivity contribution is 0.230. The number of amides is 2. The van der Waals surface area contributed by atoms with Gasteiger partial charge in [-0.2, -0.15) is 0 Å². The molecule has 8 heteroatoms. The van der Waals surface area contributed by atoms with Crippen LogP contribution in [0.4, 0.5) is 10.6 Å². The summed E-state index contributed by atoms with van der Waals surface area (Å²) in [7, 11) is 5.55. The van der Waals surface area contributed by atoms with Crippen LogP contribution in [0, 0.1) is 0 Å². The number of nitrogens with zero attached hydrogens (tertiary/aromatic N) is 3. The second-order valence-electron chi connectivity index (χ2n) is 6.51. The van der Waals surface area contributed by atoms with E-state index in [1.54, 1.807) is 19.2 Å². The average molecular weight is 373 g/mol. The Morgan fingerprint density at radius 3 is 2.56 bits per heavy atom. The summed E-state index contributed by atoms with van der Waals surface area (Å²) in [5, 5.41) is 13.4. The zero-order chi connectivity index (χ0) is 19.8. The normalized spacial score (nSPS) is 12.0. The summed E-state index contributed by atoms with van der Waals surface area (Å²) < 4.78 is 10.7. The summed E-state index contributed by atoms with van der Waals surface area (Å²) >= 11 is 0. The summed E-state index contributed by atoms with van der Waals surface area (Å²) in [5.74, 6) is 1.55. The number of hydrogen-bond donors (Lipinski definition) is 2. The fraction of sp³-hybridized carbons (Fsp3) is 0.421. The van der Waals surface area contributed by atoms with Gasteiger partial charge in [0.2, 0.25) is 5.88 Å². The molecule has 1 aromatic heterocycles. The lowest BCUT2D eigenvalue weighted by atomic mass is 10.1. The summed E-state index contributed by atoms with van der Waals surface area (Å²) in [6, 6.07) is 10.8. The highest BCUT2D eigenvalue weighted by Gasteiger charge is 2.16. The summed E-state index contributed by atoms with van der Waals surface area (Å²) in [6.07, 6.45) is 0.0148. The van der Waals surface area contributed by atoms with Crippen molar-refractivity contribution in [3.8, 4) is 11.6 Å². The van der Waals surface area contributed by atoms with Gasteiger partial charge >= 0.3 is 6.03 Å². The Balaban J connectivity index is 1.93. The molecule has 2 amide bonds. The molecule has 146 valence electrons. The third-order valence-electron chi connectivity index (χ3n) is 3.80. The van der Waals surface area contributed by atoms with E-state index < -0.39 is 0 Å². The second kappa shape index (κ2) is 9.72. The SMILES string of the molecule is COc1cccc([C@@H](CNC(=O)Nc2ccc(OC(C)C)nn2)N(C)C)c1. The highest BCUT2D eigenvalue weighted by atomic mass is 16.5. The van der Waals surface area contributed by atoms with Crippen molar-refractivity contribution >= 4 is 11.8 Å². The number of rotatable bonds is 8. The van der Waals surface area contributed by atoms with Crippen molar-refractivity contribution in [1.82, 2.24) is 20.4 Å². The molecule has 0 unspecified atom stereocenters. The first kappa shape index (κ1) is 20.4. The molecule has 0 aliphatic heterocycles. The van der Waals surface area contributed by atoms with Gasteiger partial charge in [-0.25, -0.2) is 4.79 Å². The van der Waals surface area contributed by atoms with E-state index in [9.17, 15) is 4.79 Å². The van der Waals surface area contributed by atoms with Gasteiger partial charge in [0.1, 0.15) is 5.75 Å². The Bertz CT molecular complexity index is 734. The number of nitrogens with one attached hydrogen (secondary N) is 2. The van der Waals surface area contributed by atoms with E-state index >= 15 is 0 Å². The maximum Gasteiger partial charge on any atom is 0.320 e. The Labute approximate surface area is 159 Å². The molecular weight excluding hydrogens is 346 g/mol. The molecule has 0 saturated heterocycles. The highest BCUT2D eigenvalue weighted by molar-refractivity contribution is 5.88. The van der Waals surface area contributed by atoms with E-state index in [0.29, 0.717) is 18.2 Å². The fourth-order valence-corrected chi connectivity index (χ4v) is 2.49. The number of urea groups is 1. The molecule has 0 bridgehead atoms. The molecule has 0 spiro atoms. The Morgan fingerprint density at radius 2 is 1.96 bits per heavy atom. The van der Waals surface area contributed by atoms with E-state index in [1.807, 2.05) is 57.1 Å². The molecular formula is C19H27N5O3. The van der Waals surface area contributed by atoms with Gasteiger partial charge in [0.15, 0.2) is 5.82 Å². The molecule has 27 heavy (non-hydrogen) atoms. The molecule has 0 aliphatic carbocycles. The number of likely N-dealkylation sites (N-methyl/N-ethyl adjacent to an activating group) is 1. The van der Waals surface area contributed by atoms with Crippen LogP contribution in [-0.4, -0.2) is 55.0 Å². The lowest BCUT2D eigenvalue weighted by Gasteiger charge is -2.25. The van der Waals surface area contributed by atoms with Gasteiger partial charge in [0.05, 0.1) is 19.3 Å². The molecule has 2 aromatic rings. The summed E-state index contributed by atoms with van der Waals surface area (Å²) in [6.45, 7) is 4.24. The predicted octanol–water partition coefficient (Wildman–Crippen LogP) is 2.70. The van der Waals surface area contributed by atoms with Gasteiger partial charge in [-0.3, -0.25) is 5.32 Å². The smallest absolute Gasteiger partial charge is 0.320 e. The van der Waals surface area contributed by atoms with Crippen molar-refractivity contribution in [2.75, 3.05) is 33.1 Å². The molecule has 8 nitrogen and oxygen atoms in total. The number of hydrogen-bond acceptors (Lipinski definition) is 6. The van der Waals surface area contributed by atoms with Crippen molar-refractivity contribution in [2.45, 2.75) is 26.0 Å². The van der Waals surface area contributed by atoms with Crippen molar-refractivity contribution in [3.05, 3.63) is 42.0 Å². The summed E-state index contributed by atoms with van der Waals surface area (Å²) in [5.41, 5.74) is 1.05. The van der Waals surface area contributed by atoms with Crippen LogP contribution in [0.25, 0.3) is 0 Å². The second-order valence-corrected chi connectivity index (χ2v) is 6.51. The van der Waals surface area contributed by atoms with Gasteiger partial charge in [0.25, 0.3) is 0 Å². The lowest BCUT2D eigenvalue weighted by Crippen LogP contribution is -2.37. The van der Waals surface area contributed by atoms with Crippen LogP contribution in [0.2, 0.25) is 0 Å². The molecule has 0 aliphatic rings. The number of anilines is 1. The number of carbonyl (C=O) groups excluding carboxylic acids is 1. The minimum atomic E-state index is -0.350. The van der Waals surface area contributed by atoms with E-state index in [0.717, 1.165) is 11.3 Å². The predicted molar refractivity (Wildman–Crippen MR) is 104 cm³/mol. The fourth-order valence-electron chi connectivity index (χ4n) is 2.49. The van der Waals surface area contributed by atoms with Gasteiger partial charge < -0.3 is 19.7 Å². The first-order valence-electron chi connectivity index (χ1n) is 8.74. The van der Waals surface area contributed by atoms with E-state index in [1.165, 1.54) is 0 Å². The largest absolute Gasteiger partial charge is 0.497 e. The first-order chi connectivity index (χ1) is 12.9. The van der Waals surface area contributed by atoms with Crippen LogP contribution >= 0.6 is 0 Å². The van der Waals surface area contributed by atoms with E-state index in [2.05, 4.69) is 20.8 Å². The molecule has 2 N–H and O–H groups in total.